The van der Waals surface area contributed by atoms with Gasteiger partial charge in [0.1, 0.15) is 24.3 Å². The lowest BCUT2D eigenvalue weighted by atomic mass is 10.1. The number of imidazole rings is 1. The maximum Gasteiger partial charge on any atom is 0.223 e. The predicted molar refractivity (Wildman–Crippen MR) is 103 cm³/mol. The summed E-state index contributed by atoms with van der Waals surface area (Å²) >= 11 is 0. The number of hydrogen-bond donors (Lipinski definition) is 0. The molecule has 1 fully saturated rings. The summed E-state index contributed by atoms with van der Waals surface area (Å²) in [6, 6.07) is 12.1. The lowest BCUT2D eigenvalue weighted by Crippen LogP contribution is -2.49. The molecule has 1 aliphatic rings. The molecule has 7 heteroatoms. The first-order chi connectivity index (χ1) is 13.3. The van der Waals surface area contributed by atoms with Gasteiger partial charge in [-0.25, -0.2) is 15.0 Å². The fourth-order valence-electron chi connectivity index (χ4n) is 3.28. The van der Waals surface area contributed by atoms with E-state index in [9.17, 15) is 4.79 Å². The molecule has 7 nitrogen and oxygen atoms in total. The second-order valence-electron chi connectivity index (χ2n) is 6.56. The van der Waals surface area contributed by atoms with Crippen molar-refractivity contribution in [2.45, 2.75) is 12.8 Å². The summed E-state index contributed by atoms with van der Waals surface area (Å²) in [4.78, 5) is 29.4. The van der Waals surface area contributed by atoms with E-state index in [-0.39, 0.29) is 5.91 Å². The highest BCUT2D eigenvalue weighted by atomic mass is 16.2. The number of rotatable bonds is 5. The minimum atomic E-state index is 0.222. The molecule has 1 aliphatic heterocycles. The Hall–Kier alpha value is -3.22. The van der Waals surface area contributed by atoms with E-state index in [2.05, 4.69) is 32.0 Å². The van der Waals surface area contributed by atoms with Gasteiger partial charge < -0.3 is 9.80 Å². The van der Waals surface area contributed by atoms with Crippen LogP contribution in [0.1, 0.15) is 12.0 Å². The molecule has 1 saturated heterocycles. The molecule has 0 spiro atoms. The van der Waals surface area contributed by atoms with Gasteiger partial charge in [0.05, 0.1) is 0 Å². The second-order valence-corrected chi connectivity index (χ2v) is 6.56. The van der Waals surface area contributed by atoms with Gasteiger partial charge in [0.15, 0.2) is 0 Å². The van der Waals surface area contributed by atoms with Crippen LogP contribution in [0, 0.1) is 0 Å². The molecule has 1 amide bonds. The quantitative estimate of drug-likeness (QED) is 0.694. The average molecular weight is 362 g/mol. The number of aryl methyl sites for hydroxylation is 1. The van der Waals surface area contributed by atoms with Gasteiger partial charge in [-0.15, -0.1) is 0 Å². The van der Waals surface area contributed by atoms with Crippen molar-refractivity contribution in [3.8, 4) is 5.82 Å². The molecule has 0 atom stereocenters. The van der Waals surface area contributed by atoms with E-state index in [0.29, 0.717) is 6.42 Å². The lowest BCUT2D eigenvalue weighted by Gasteiger charge is -2.35. The molecule has 3 heterocycles. The Labute approximate surface area is 158 Å². The van der Waals surface area contributed by atoms with E-state index in [1.165, 1.54) is 5.56 Å². The monoisotopic (exact) mass is 362 g/mol. The first kappa shape index (κ1) is 17.2. The first-order valence-corrected chi connectivity index (χ1v) is 9.16. The molecule has 0 saturated carbocycles. The fourth-order valence-corrected chi connectivity index (χ4v) is 3.28. The summed E-state index contributed by atoms with van der Waals surface area (Å²) in [5, 5.41) is 0. The highest BCUT2D eigenvalue weighted by Crippen LogP contribution is 2.16. The van der Waals surface area contributed by atoms with Crippen molar-refractivity contribution in [1.29, 1.82) is 0 Å². The molecule has 0 unspecified atom stereocenters. The Morgan fingerprint density at radius 3 is 2.52 bits per heavy atom. The third kappa shape index (κ3) is 4.13. The van der Waals surface area contributed by atoms with Gasteiger partial charge in [0.2, 0.25) is 5.91 Å². The number of aromatic nitrogens is 4. The van der Waals surface area contributed by atoms with Gasteiger partial charge in [0.25, 0.3) is 0 Å². The zero-order valence-electron chi connectivity index (χ0n) is 15.1. The van der Waals surface area contributed by atoms with Crippen molar-refractivity contribution in [2.24, 2.45) is 0 Å². The number of hydrogen-bond acceptors (Lipinski definition) is 5. The van der Waals surface area contributed by atoms with Crippen LogP contribution in [-0.2, 0) is 11.2 Å². The molecule has 4 rings (SSSR count). The SMILES string of the molecule is O=C(CCc1ccccc1)N1CCN(c2cc(-n3ccnc3)ncn2)CC1. The molecule has 3 aromatic rings. The smallest absolute Gasteiger partial charge is 0.223 e. The van der Waals surface area contributed by atoms with Crippen LogP contribution in [0.3, 0.4) is 0 Å². The van der Waals surface area contributed by atoms with Gasteiger partial charge in [-0.1, -0.05) is 30.3 Å². The Bertz CT molecular complexity index is 873. The van der Waals surface area contributed by atoms with Crippen LogP contribution in [0.2, 0.25) is 0 Å². The van der Waals surface area contributed by atoms with Crippen molar-refractivity contribution < 1.29 is 4.79 Å². The highest BCUT2D eigenvalue weighted by molar-refractivity contribution is 5.76. The number of amides is 1. The number of carbonyl (C=O) groups is 1. The van der Waals surface area contributed by atoms with Crippen molar-refractivity contribution in [3.63, 3.8) is 0 Å². The molecule has 27 heavy (non-hydrogen) atoms. The average Bonchev–Trinajstić information content (AvgIpc) is 3.28. The molecule has 1 aromatic carbocycles. The van der Waals surface area contributed by atoms with Gasteiger partial charge in [-0.05, 0) is 12.0 Å². The molecule has 0 bridgehead atoms. The van der Waals surface area contributed by atoms with E-state index >= 15 is 0 Å². The van der Waals surface area contributed by atoms with E-state index < -0.39 is 0 Å². The van der Waals surface area contributed by atoms with Crippen LogP contribution in [-0.4, -0.2) is 56.5 Å². The summed E-state index contributed by atoms with van der Waals surface area (Å²) in [5.41, 5.74) is 1.21. The molecule has 0 radical (unpaired) electrons. The molecular weight excluding hydrogens is 340 g/mol. The van der Waals surface area contributed by atoms with E-state index in [1.807, 2.05) is 39.9 Å². The topological polar surface area (TPSA) is 67.2 Å². The van der Waals surface area contributed by atoms with Crippen LogP contribution < -0.4 is 4.90 Å². The molecule has 138 valence electrons. The Balaban J connectivity index is 1.32. The number of piperazine rings is 1. The standard InChI is InChI=1S/C20H22N6O/c27-20(7-6-17-4-2-1-3-5-17)25-12-10-24(11-13-25)18-14-19(23-15-22-18)26-9-8-21-16-26/h1-5,8-9,14-16H,6-7,10-13H2. The Kier molecular flexibility index (Phi) is 5.09. The minimum absolute atomic E-state index is 0.222. The van der Waals surface area contributed by atoms with Crippen LogP contribution in [0.5, 0.6) is 0 Å². The van der Waals surface area contributed by atoms with Gasteiger partial charge in [-0.3, -0.25) is 9.36 Å². The number of anilines is 1. The van der Waals surface area contributed by atoms with E-state index in [1.54, 1.807) is 18.9 Å². The summed E-state index contributed by atoms with van der Waals surface area (Å²) < 4.78 is 1.86. The van der Waals surface area contributed by atoms with Crippen molar-refractivity contribution in [3.05, 3.63) is 67.0 Å². The minimum Gasteiger partial charge on any atom is -0.353 e. The van der Waals surface area contributed by atoms with Gasteiger partial charge >= 0.3 is 0 Å². The third-order valence-electron chi connectivity index (χ3n) is 4.83. The van der Waals surface area contributed by atoms with Gasteiger partial charge in [-0.2, -0.15) is 0 Å². The molecule has 2 aromatic heterocycles. The van der Waals surface area contributed by atoms with E-state index in [4.69, 9.17) is 0 Å². The summed E-state index contributed by atoms with van der Waals surface area (Å²) in [5.74, 6) is 1.89. The van der Waals surface area contributed by atoms with Gasteiger partial charge in [0, 0.05) is 51.1 Å². The maximum absolute atomic E-state index is 12.5. The predicted octanol–water partition coefficient (Wildman–Crippen LogP) is 1.94. The highest BCUT2D eigenvalue weighted by Gasteiger charge is 2.22. The van der Waals surface area contributed by atoms with Crippen molar-refractivity contribution >= 4 is 11.7 Å². The van der Waals surface area contributed by atoms with Crippen LogP contribution >= 0.6 is 0 Å². The molecular formula is C20H22N6O. The maximum atomic E-state index is 12.5. The van der Waals surface area contributed by atoms with E-state index in [0.717, 1.165) is 44.2 Å². The Morgan fingerprint density at radius 2 is 1.78 bits per heavy atom. The molecule has 0 N–H and O–H groups in total. The van der Waals surface area contributed by atoms with Crippen molar-refractivity contribution in [2.75, 3.05) is 31.1 Å². The van der Waals surface area contributed by atoms with Crippen LogP contribution in [0.15, 0.2) is 61.4 Å². The Morgan fingerprint density at radius 1 is 1.00 bits per heavy atom. The lowest BCUT2D eigenvalue weighted by molar-refractivity contribution is -0.131. The zero-order valence-corrected chi connectivity index (χ0v) is 15.1. The van der Waals surface area contributed by atoms with Crippen molar-refractivity contribution in [1.82, 2.24) is 24.4 Å². The van der Waals surface area contributed by atoms with Crippen LogP contribution in [0.25, 0.3) is 5.82 Å². The largest absolute Gasteiger partial charge is 0.353 e. The molecule has 0 aliphatic carbocycles. The fraction of sp³-hybridized carbons (Fsp3) is 0.300. The number of nitrogens with zero attached hydrogens (tertiary/aromatic N) is 6. The number of carbonyl (C=O) groups excluding carboxylic acids is 1. The second kappa shape index (κ2) is 7.99. The summed E-state index contributed by atoms with van der Waals surface area (Å²) in [6.07, 6.45) is 8.22. The summed E-state index contributed by atoms with van der Waals surface area (Å²) in [6.45, 7) is 2.99. The zero-order chi connectivity index (χ0) is 18.5. The number of benzene rings is 1. The van der Waals surface area contributed by atoms with Crippen LogP contribution in [0.4, 0.5) is 5.82 Å². The summed E-state index contributed by atoms with van der Waals surface area (Å²) in [7, 11) is 0. The first-order valence-electron chi connectivity index (χ1n) is 9.16. The normalized spacial score (nSPS) is 14.4. The third-order valence-corrected chi connectivity index (χ3v) is 4.83.